The quantitative estimate of drug-likeness (QED) is 0.909. The molecule has 2 heterocycles. The van der Waals surface area contributed by atoms with Gasteiger partial charge in [0.1, 0.15) is 22.9 Å². The lowest BCUT2D eigenvalue weighted by molar-refractivity contribution is -0.137. The summed E-state index contributed by atoms with van der Waals surface area (Å²) in [7, 11) is 0. The van der Waals surface area contributed by atoms with Gasteiger partial charge >= 0.3 is 6.18 Å². The van der Waals surface area contributed by atoms with Gasteiger partial charge in [-0.15, -0.1) is 0 Å². The van der Waals surface area contributed by atoms with Crippen LogP contribution >= 0.6 is 0 Å². The van der Waals surface area contributed by atoms with Gasteiger partial charge in [-0.05, 0) is 38.1 Å². The second-order valence-corrected chi connectivity index (χ2v) is 4.97. The molecule has 0 saturated carbocycles. The van der Waals surface area contributed by atoms with Crippen molar-refractivity contribution >= 4 is 5.82 Å². The Bertz CT molecular complexity index is 603. The maximum absolute atomic E-state index is 12.4. The first kappa shape index (κ1) is 15.4. The van der Waals surface area contributed by atoms with Crippen molar-refractivity contribution in [2.24, 2.45) is 0 Å². The van der Waals surface area contributed by atoms with Crippen LogP contribution in [0.3, 0.4) is 0 Å². The Kier molecular flexibility index (Phi) is 3.95. The van der Waals surface area contributed by atoms with Crippen LogP contribution in [0.15, 0.2) is 34.9 Å². The largest absolute Gasteiger partial charge is 0.463 e. The number of aliphatic hydroxyl groups is 1. The molecular weight excluding hydrogens is 285 g/mol. The van der Waals surface area contributed by atoms with E-state index in [1.807, 2.05) is 0 Å². The van der Waals surface area contributed by atoms with E-state index in [4.69, 9.17) is 4.42 Å². The molecule has 1 unspecified atom stereocenters. The summed E-state index contributed by atoms with van der Waals surface area (Å²) in [4.78, 5) is 3.67. The molecule has 0 radical (unpaired) electrons. The van der Waals surface area contributed by atoms with Gasteiger partial charge < -0.3 is 14.8 Å². The number of rotatable bonds is 4. The van der Waals surface area contributed by atoms with Crippen LogP contribution in [0.2, 0.25) is 0 Å². The van der Waals surface area contributed by atoms with Crippen LogP contribution in [0, 0.1) is 6.92 Å². The summed E-state index contributed by atoms with van der Waals surface area (Å²) in [6.07, 6.45) is -3.67. The van der Waals surface area contributed by atoms with Crippen molar-refractivity contribution < 1.29 is 22.7 Å². The molecule has 0 bridgehead atoms. The molecule has 0 aliphatic rings. The zero-order valence-electron chi connectivity index (χ0n) is 11.5. The highest BCUT2D eigenvalue weighted by Gasteiger charge is 2.31. The first-order valence-electron chi connectivity index (χ1n) is 6.25. The Morgan fingerprint density at radius 3 is 2.43 bits per heavy atom. The molecule has 2 aromatic rings. The minimum Gasteiger partial charge on any atom is -0.463 e. The number of furan rings is 1. The Morgan fingerprint density at radius 1 is 1.24 bits per heavy atom. The summed E-state index contributed by atoms with van der Waals surface area (Å²) in [5.74, 6) is 1.28. The fourth-order valence-corrected chi connectivity index (χ4v) is 1.74. The normalized spacial score (nSPS) is 14.8. The first-order valence-corrected chi connectivity index (χ1v) is 6.25. The summed E-state index contributed by atoms with van der Waals surface area (Å²) < 4.78 is 42.6. The van der Waals surface area contributed by atoms with Gasteiger partial charge in [-0.3, -0.25) is 0 Å². The Morgan fingerprint density at radius 2 is 1.95 bits per heavy atom. The van der Waals surface area contributed by atoms with Crippen molar-refractivity contribution in [3.63, 3.8) is 0 Å². The summed E-state index contributed by atoms with van der Waals surface area (Å²) in [5.41, 5.74) is -2.11. The standard InChI is InChI=1S/C14H15F3N2O2/c1-9-3-5-11(21-9)13(2,20)8-19-12-6-4-10(7-18-12)14(15,16)17/h3-7,20H,8H2,1-2H3,(H,18,19). The Hall–Kier alpha value is -2.02. The fraction of sp³-hybridized carbons (Fsp3) is 0.357. The van der Waals surface area contributed by atoms with E-state index >= 15 is 0 Å². The van der Waals surface area contributed by atoms with Gasteiger partial charge in [-0.2, -0.15) is 13.2 Å². The molecule has 0 spiro atoms. The van der Waals surface area contributed by atoms with Crippen molar-refractivity contribution in [2.45, 2.75) is 25.6 Å². The molecule has 2 N–H and O–H groups in total. The van der Waals surface area contributed by atoms with Gasteiger partial charge in [0.15, 0.2) is 0 Å². The van der Waals surface area contributed by atoms with E-state index in [2.05, 4.69) is 10.3 Å². The molecule has 2 rings (SSSR count). The number of aromatic nitrogens is 1. The van der Waals surface area contributed by atoms with E-state index in [9.17, 15) is 18.3 Å². The predicted octanol–water partition coefficient (Wildman–Crippen LogP) is 3.32. The molecule has 0 aromatic carbocycles. The molecule has 0 aliphatic heterocycles. The number of halogens is 3. The zero-order valence-corrected chi connectivity index (χ0v) is 11.5. The molecular formula is C14H15F3N2O2. The molecule has 114 valence electrons. The number of nitrogens with one attached hydrogen (secondary N) is 1. The second-order valence-electron chi connectivity index (χ2n) is 4.97. The Balaban J connectivity index is 2.02. The molecule has 4 nitrogen and oxygen atoms in total. The van der Waals surface area contributed by atoms with Gasteiger partial charge in [-0.25, -0.2) is 4.98 Å². The average molecular weight is 300 g/mol. The van der Waals surface area contributed by atoms with Crippen molar-refractivity contribution in [2.75, 3.05) is 11.9 Å². The third kappa shape index (κ3) is 3.75. The third-order valence-electron chi connectivity index (χ3n) is 2.98. The van der Waals surface area contributed by atoms with Crippen LogP contribution in [0.1, 0.15) is 24.0 Å². The smallest absolute Gasteiger partial charge is 0.417 e. The number of alkyl halides is 3. The topological polar surface area (TPSA) is 58.3 Å². The fourth-order valence-electron chi connectivity index (χ4n) is 1.74. The van der Waals surface area contributed by atoms with Crippen molar-refractivity contribution in [3.05, 3.63) is 47.5 Å². The summed E-state index contributed by atoms with van der Waals surface area (Å²) >= 11 is 0. The van der Waals surface area contributed by atoms with Crippen LogP contribution in [0.25, 0.3) is 0 Å². The minimum absolute atomic E-state index is 0.0539. The molecule has 1 atom stereocenters. The highest BCUT2D eigenvalue weighted by molar-refractivity contribution is 5.37. The van der Waals surface area contributed by atoms with E-state index in [0.29, 0.717) is 11.5 Å². The molecule has 21 heavy (non-hydrogen) atoms. The molecule has 0 aliphatic carbocycles. The second kappa shape index (κ2) is 5.40. The molecule has 0 amide bonds. The van der Waals surface area contributed by atoms with Gasteiger partial charge in [0.25, 0.3) is 0 Å². The number of pyridine rings is 1. The third-order valence-corrected chi connectivity index (χ3v) is 2.98. The van der Waals surface area contributed by atoms with Crippen molar-refractivity contribution in [1.29, 1.82) is 0 Å². The lowest BCUT2D eigenvalue weighted by Crippen LogP contribution is -2.30. The number of anilines is 1. The van der Waals surface area contributed by atoms with Crippen LogP contribution in [0.4, 0.5) is 19.0 Å². The van der Waals surface area contributed by atoms with Crippen molar-refractivity contribution in [1.82, 2.24) is 4.98 Å². The van der Waals surface area contributed by atoms with E-state index in [1.54, 1.807) is 26.0 Å². The van der Waals surface area contributed by atoms with Gasteiger partial charge in [0.05, 0.1) is 12.1 Å². The molecule has 2 aromatic heterocycles. The van der Waals surface area contributed by atoms with Gasteiger partial charge in [0, 0.05) is 6.20 Å². The Labute approximate surface area is 119 Å². The average Bonchev–Trinajstić information content (AvgIpc) is 2.83. The highest BCUT2D eigenvalue weighted by Crippen LogP contribution is 2.29. The van der Waals surface area contributed by atoms with Crippen LogP contribution in [-0.4, -0.2) is 16.6 Å². The van der Waals surface area contributed by atoms with E-state index in [0.717, 1.165) is 12.3 Å². The van der Waals surface area contributed by atoms with Gasteiger partial charge in [0.2, 0.25) is 0 Å². The van der Waals surface area contributed by atoms with Crippen LogP contribution < -0.4 is 5.32 Å². The number of aryl methyl sites for hydroxylation is 1. The summed E-state index contributed by atoms with van der Waals surface area (Å²) in [6, 6.07) is 5.52. The zero-order chi connectivity index (χ0) is 15.7. The van der Waals surface area contributed by atoms with Crippen LogP contribution in [0.5, 0.6) is 0 Å². The lowest BCUT2D eigenvalue weighted by Gasteiger charge is -2.21. The molecule has 0 fully saturated rings. The minimum atomic E-state index is -4.41. The highest BCUT2D eigenvalue weighted by atomic mass is 19.4. The summed E-state index contributed by atoms with van der Waals surface area (Å²) in [6.45, 7) is 3.35. The van der Waals surface area contributed by atoms with Crippen molar-refractivity contribution in [3.8, 4) is 0 Å². The number of hydrogen-bond donors (Lipinski definition) is 2. The maximum Gasteiger partial charge on any atom is 0.417 e. The first-order chi connectivity index (χ1) is 9.68. The van der Waals surface area contributed by atoms with Gasteiger partial charge in [-0.1, -0.05) is 0 Å². The molecule has 7 heteroatoms. The maximum atomic E-state index is 12.4. The van der Waals surface area contributed by atoms with E-state index in [1.165, 1.54) is 6.07 Å². The number of hydrogen-bond acceptors (Lipinski definition) is 4. The monoisotopic (exact) mass is 300 g/mol. The van der Waals surface area contributed by atoms with Crippen LogP contribution in [-0.2, 0) is 11.8 Å². The van der Waals surface area contributed by atoms with E-state index in [-0.39, 0.29) is 12.4 Å². The van der Waals surface area contributed by atoms with E-state index < -0.39 is 17.3 Å². The summed E-state index contributed by atoms with van der Waals surface area (Å²) in [5, 5.41) is 13.1. The number of nitrogens with zero attached hydrogens (tertiary/aromatic N) is 1. The lowest BCUT2D eigenvalue weighted by atomic mass is 10.0. The predicted molar refractivity (Wildman–Crippen MR) is 70.7 cm³/mol. The molecule has 0 saturated heterocycles. The SMILES string of the molecule is Cc1ccc(C(C)(O)CNc2ccc(C(F)(F)F)cn2)o1.